The molecule has 0 radical (unpaired) electrons. The molecule has 2 aromatic rings. The number of hydrogen-bond donors (Lipinski definition) is 1. The van der Waals surface area contributed by atoms with E-state index in [-0.39, 0.29) is 0 Å². The van der Waals surface area contributed by atoms with Crippen LogP contribution >= 0.6 is 0 Å². The van der Waals surface area contributed by atoms with Gasteiger partial charge in [-0.3, -0.25) is 4.90 Å². The van der Waals surface area contributed by atoms with Crippen molar-refractivity contribution >= 4 is 11.0 Å². The van der Waals surface area contributed by atoms with Gasteiger partial charge in [0.05, 0.1) is 6.54 Å². The van der Waals surface area contributed by atoms with Gasteiger partial charge in [0.1, 0.15) is 11.3 Å². The van der Waals surface area contributed by atoms with Crippen molar-refractivity contribution in [2.75, 3.05) is 6.54 Å². The van der Waals surface area contributed by atoms with Crippen LogP contribution in [0.15, 0.2) is 28.7 Å². The number of likely N-dealkylation sites (tertiary alicyclic amines) is 1. The molecule has 2 unspecified atom stereocenters. The zero-order valence-corrected chi connectivity index (χ0v) is 11.7. The van der Waals surface area contributed by atoms with Gasteiger partial charge in [-0.2, -0.15) is 0 Å². The third-order valence-electron chi connectivity index (χ3n) is 4.24. The summed E-state index contributed by atoms with van der Waals surface area (Å²) in [5.41, 5.74) is 8.07. The van der Waals surface area contributed by atoms with Crippen LogP contribution in [0.3, 0.4) is 0 Å². The summed E-state index contributed by atoms with van der Waals surface area (Å²) in [6.07, 6.45) is 1.29. The van der Waals surface area contributed by atoms with Crippen molar-refractivity contribution in [2.24, 2.45) is 11.7 Å². The Morgan fingerprint density at radius 3 is 2.79 bits per heavy atom. The van der Waals surface area contributed by atoms with E-state index in [9.17, 15) is 0 Å². The maximum absolute atomic E-state index is 5.87. The minimum Gasteiger partial charge on any atom is -0.459 e. The largest absolute Gasteiger partial charge is 0.459 e. The van der Waals surface area contributed by atoms with Crippen LogP contribution in [0.5, 0.6) is 0 Å². The van der Waals surface area contributed by atoms with Gasteiger partial charge < -0.3 is 10.2 Å². The van der Waals surface area contributed by atoms with E-state index in [0.29, 0.717) is 12.6 Å². The molecule has 3 heteroatoms. The molecule has 2 N–H and O–H groups in total. The molecule has 2 heterocycles. The minimum absolute atomic E-state index is 0.474. The number of rotatable bonds is 3. The first-order valence-electron chi connectivity index (χ1n) is 7.12. The molecule has 1 aliphatic rings. The molecule has 2 atom stereocenters. The quantitative estimate of drug-likeness (QED) is 0.919. The number of nitrogens with zero attached hydrogens (tertiary/aromatic N) is 1. The molecular formula is C16H22N2O. The standard InChI is InChI=1S/C16H22N2O/c1-11-7-12(2)18(9-11)10-14-13-5-3-4-6-15(13)19-16(14)8-17/h3-6,11-12H,7-10,17H2,1-2H3. The summed E-state index contributed by atoms with van der Waals surface area (Å²) in [6.45, 7) is 7.24. The molecule has 1 aromatic carbocycles. The number of para-hydroxylation sites is 1. The lowest BCUT2D eigenvalue weighted by Crippen LogP contribution is -2.27. The molecule has 0 saturated carbocycles. The van der Waals surface area contributed by atoms with Crippen LogP contribution in [0.2, 0.25) is 0 Å². The van der Waals surface area contributed by atoms with E-state index in [1.807, 2.05) is 12.1 Å². The van der Waals surface area contributed by atoms with Crippen LogP contribution in [-0.2, 0) is 13.1 Å². The Kier molecular flexibility index (Phi) is 3.33. The Morgan fingerprint density at radius 2 is 2.11 bits per heavy atom. The SMILES string of the molecule is CC1CC(C)N(Cc2c(CN)oc3ccccc23)C1. The highest BCUT2D eigenvalue weighted by Gasteiger charge is 2.27. The lowest BCUT2D eigenvalue weighted by atomic mass is 10.1. The van der Waals surface area contributed by atoms with Gasteiger partial charge in [0.2, 0.25) is 0 Å². The zero-order chi connectivity index (χ0) is 13.4. The van der Waals surface area contributed by atoms with Gasteiger partial charge >= 0.3 is 0 Å². The molecule has 1 aromatic heterocycles. The highest BCUT2D eigenvalue weighted by molar-refractivity contribution is 5.82. The third kappa shape index (κ3) is 2.28. The Bertz CT molecular complexity index is 575. The summed E-state index contributed by atoms with van der Waals surface area (Å²) >= 11 is 0. The summed E-state index contributed by atoms with van der Waals surface area (Å²) < 4.78 is 5.87. The van der Waals surface area contributed by atoms with Crippen LogP contribution in [-0.4, -0.2) is 17.5 Å². The Hall–Kier alpha value is -1.32. The lowest BCUT2D eigenvalue weighted by molar-refractivity contribution is 0.255. The molecule has 3 rings (SSSR count). The van der Waals surface area contributed by atoms with Crippen molar-refractivity contribution in [3.63, 3.8) is 0 Å². The second kappa shape index (κ2) is 4.99. The lowest BCUT2D eigenvalue weighted by Gasteiger charge is -2.21. The van der Waals surface area contributed by atoms with Crippen molar-refractivity contribution in [1.29, 1.82) is 0 Å². The summed E-state index contributed by atoms with van der Waals surface area (Å²) in [6, 6.07) is 8.88. The second-order valence-corrected chi connectivity index (χ2v) is 5.82. The van der Waals surface area contributed by atoms with Gasteiger partial charge in [-0.1, -0.05) is 25.1 Å². The third-order valence-corrected chi connectivity index (χ3v) is 4.24. The van der Waals surface area contributed by atoms with Crippen LogP contribution in [0.1, 0.15) is 31.6 Å². The van der Waals surface area contributed by atoms with Gasteiger partial charge in [0.25, 0.3) is 0 Å². The summed E-state index contributed by atoms with van der Waals surface area (Å²) in [7, 11) is 0. The maximum Gasteiger partial charge on any atom is 0.134 e. The van der Waals surface area contributed by atoms with E-state index in [1.165, 1.54) is 23.9 Å². The van der Waals surface area contributed by atoms with Crippen molar-refractivity contribution < 1.29 is 4.42 Å². The van der Waals surface area contributed by atoms with Crippen LogP contribution < -0.4 is 5.73 Å². The Labute approximate surface area is 114 Å². The topological polar surface area (TPSA) is 42.4 Å². The summed E-state index contributed by atoms with van der Waals surface area (Å²) in [5, 5.41) is 1.22. The van der Waals surface area contributed by atoms with E-state index >= 15 is 0 Å². The van der Waals surface area contributed by atoms with Crippen molar-refractivity contribution in [3.8, 4) is 0 Å². The van der Waals surface area contributed by atoms with Gasteiger partial charge in [-0.15, -0.1) is 0 Å². The van der Waals surface area contributed by atoms with Gasteiger partial charge in [-0.25, -0.2) is 0 Å². The van der Waals surface area contributed by atoms with E-state index in [1.54, 1.807) is 0 Å². The molecule has 0 bridgehead atoms. The fourth-order valence-electron chi connectivity index (χ4n) is 3.30. The van der Waals surface area contributed by atoms with E-state index in [4.69, 9.17) is 10.2 Å². The van der Waals surface area contributed by atoms with E-state index in [0.717, 1.165) is 23.8 Å². The average Bonchev–Trinajstić information content (AvgIpc) is 2.91. The van der Waals surface area contributed by atoms with Gasteiger partial charge in [0.15, 0.2) is 0 Å². The van der Waals surface area contributed by atoms with Crippen LogP contribution in [0.25, 0.3) is 11.0 Å². The average molecular weight is 258 g/mol. The van der Waals surface area contributed by atoms with E-state index in [2.05, 4.69) is 30.9 Å². The predicted molar refractivity (Wildman–Crippen MR) is 77.8 cm³/mol. The molecule has 1 saturated heterocycles. The van der Waals surface area contributed by atoms with Gasteiger partial charge in [-0.05, 0) is 25.3 Å². The number of nitrogens with two attached hydrogens (primary N) is 1. The highest BCUT2D eigenvalue weighted by Crippen LogP contribution is 2.30. The summed E-state index contributed by atoms with van der Waals surface area (Å²) in [4.78, 5) is 2.54. The van der Waals surface area contributed by atoms with Crippen LogP contribution in [0, 0.1) is 5.92 Å². The monoisotopic (exact) mass is 258 g/mol. The normalized spacial score (nSPS) is 24.4. The second-order valence-electron chi connectivity index (χ2n) is 5.82. The Morgan fingerprint density at radius 1 is 1.32 bits per heavy atom. The molecular weight excluding hydrogens is 236 g/mol. The molecule has 1 aliphatic heterocycles. The Balaban J connectivity index is 1.95. The number of hydrogen-bond acceptors (Lipinski definition) is 3. The molecule has 1 fully saturated rings. The first-order valence-corrected chi connectivity index (χ1v) is 7.12. The molecule has 0 aliphatic carbocycles. The smallest absolute Gasteiger partial charge is 0.134 e. The molecule has 19 heavy (non-hydrogen) atoms. The molecule has 0 amide bonds. The number of fused-ring (bicyclic) bond motifs is 1. The highest BCUT2D eigenvalue weighted by atomic mass is 16.3. The van der Waals surface area contributed by atoms with Crippen molar-refractivity contribution in [1.82, 2.24) is 4.90 Å². The van der Waals surface area contributed by atoms with Gasteiger partial charge in [0, 0.05) is 30.1 Å². The molecule has 3 nitrogen and oxygen atoms in total. The zero-order valence-electron chi connectivity index (χ0n) is 11.7. The fraction of sp³-hybridized carbons (Fsp3) is 0.500. The van der Waals surface area contributed by atoms with Crippen LogP contribution in [0.4, 0.5) is 0 Å². The predicted octanol–water partition coefficient (Wildman–Crippen LogP) is 3.12. The number of benzene rings is 1. The van der Waals surface area contributed by atoms with Crippen molar-refractivity contribution in [2.45, 2.75) is 39.4 Å². The molecule has 0 spiro atoms. The maximum atomic E-state index is 5.87. The summed E-state index contributed by atoms with van der Waals surface area (Å²) in [5.74, 6) is 1.72. The van der Waals surface area contributed by atoms with E-state index < -0.39 is 0 Å². The molecule has 102 valence electrons. The first-order chi connectivity index (χ1) is 9.19. The fourth-order valence-corrected chi connectivity index (χ4v) is 3.30. The first kappa shape index (κ1) is 12.7. The minimum atomic E-state index is 0.474. The number of furan rings is 1. The van der Waals surface area contributed by atoms with Crippen molar-refractivity contribution in [3.05, 3.63) is 35.6 Å².